The molecule has 0 radical (unpaired) electrons. The highest BCUT2D eigenvalue weighted by molar-refractivity contribution is 5.15. The van der Waals surface area contributed by atoms with Gasteiger partial charge in [0, 0.05) is 0 Å². The summed E-state index contributed by atoms with van der Waals surface area (Å²) in [5, 5.41) is 3.59. The summed E-state index contributed by atoms with van der Waals surface area (Å²) >= 11 is 0. The van der Waals surface area contributed by atoms with Gasteiger partial charge in [-0.05, 0) is 70.5 Å². The second kappa shape index (κ2) is 7.95. The molecule has 118 valence electrons. The lowest BCUT2D eigenvalue weighted by Gasteiger charge is -2.24. The Hall–Kier alpha value is -0.860. The Bertz CT molecular complexity index is 401. The van der Waals surface area contributed by atoms with E-state index in [9.17, 15) is 0 Å². The highest BCUT2D eigenvalue weighted by Crippen LogP contribution is 2.33. The number of rotatable bonds is 8. The second-order valence-electron chi connectivity index (χ2n) is 7.03. The first-order valence-electron chi connectivity index (χ1n) is 8.51. The lowest BCUT2D eigenvalue weighted by Crippen LogP contribution is -2.29. The Kier molecular flexibility index (Phi) is 6.25. The molecule has 1 aromatic carbocycles. The molecular weight excluding hydrogens is 258 g/mol. The van der Waals surface area contributed by atoms with Crippen LogP contribution in [0.5, 0.6) is 0 Å². The van der Waals surface area contributed by atoms with E-state index >= 15 is 0 Å². The summed E-state index contributed by atoms with van der Waals surface area (Å²) in [7, 11) is 0. The zero-order valence-corrected chi connectivity index (χ0v) is 13.9. The summed E-state index contributed by atoms with van der Waals surface area (Å²) in [6, 6.07) is 10.9. The molecule has 1 heterocycles. The van der Waals surface area contributed by atoms with Crippen LogP contribution < -0.4 is 5.32 Å². The minimum Gasteiger partial charge on any atom is -0.372 e. The average Bonchev–Trinajstić information content (AvgIpc) is 2.79. The molecule has 0 aliphatic carbocycles. The molecule has 1 fully saturated rings. The smallest absolute Gasteiger partial charge is 0.0631 e. The maximum atomic E-state index is 6.20. The maximum Gasteiger partial charge on any atom is 0.0631 e. The molecule has 1 saturated heterocycles. The Morgan fingerprint density at radius 3 is 2.67 bits per heavy atom. The molecule has 2 rings (SSSR count). The zero-order valence-electron chi connectivity index (χ0n) is 13.9. The van der Waals surface area contributed by atoms with Crippen LogP contribution in [0.2, 0.25) is 0 Å². The van der Waals surface area contributed by atoms with Gasteiger partial charge in [-0.1, -0.05) is 37.3 Å². The van der Waals surface area contributed by atoms with E-state index in [1.54, 1.807) is 0 Å². The average molecular weight is 289 g/mol. The van der Waals surface area contributed by atoms with Crippen LogP contribution in [0.3, 0.4) is 0 Å². The van der Waals surface area contributed by atoms with E-state index in [1.807, 2.05) is 0 Å². The SMILES string of the molecule is CCCNCC(Cc1ccccc1)CC1CCC(C)(C)O1. The third-order valence-corrected chi connectivity index (χ3v) is 4.38. The Morgan fingerprint density at radius 2 is 2.05 bits per heavy atom. The van der Waals surface area contributed by atoms with E-state index in [1.165, 1.54) is 31.2 Å². The molecule has 1 aromatic rings. The molecule has 0 spiro atoms. The van der Waals surface area contributed by atoms with Gasteiger partial charge in [0.1, 0.15) is 0 Å². The molecule has 0 aromatic heterocycles. The van der Waals surface area contributed by atoms with E-state index < -0.39 is 0 Å². The first-order chi connectivity index (χ1) is 10.1. The van der Waals surface area contributed by atoms with Crippen LogP contribution in [0.15, 0.2) is 30.3 Å². The fourth-order valence-corrected chi connectivity index (χ4v) is 3.28. The summed E-state index contributed by atoms with van der Waals surface area (Å²) in [5.41, 5.74) is 1.52. The van der Waals surface area contributed by atoms with Crippen molar-refractivity contribution in [2.24, 2.45) is 5.92 Å². The van der Waals surface area contributed by atoms with Gasteiger partial charge >= 0.3 is 0 Å². The highest BCUT2D eigenvalue weighted by Gasteiger charge is 2.32. The van der Waals surface area contributed by atoms with Gasteiger partial charge in [-0.2, -0.15) is 0 Å². The molecular formula is C19H31NO. The summed E-state index contributed by atoms with van der Waals surface area (Å²) in [4.78, 5) is 0. The van der Waals surface area contributed by atoms with Crippen LogP contribution in [-0.4, -0.2) is 24.8 Å². The molecule has 2 atom stereocenters. The van der Waals surface area contributed by atoms with Crippen molar-refractivity contribution in [1.29, 1.82) is 0 Å². The number of hydrogen-bond acceptors (Lipinski definition) is 2. The van der Waals surface area contributed by atoms with Crippen molar-refractivity contribution in [1.82, 2.24) is 5.32 Å². The minimum absolute atomic E-state index is 0.0822. The molecule has 1 aliphatic rings. The molecule has 1 aliphatic heterocycles. The van der Waals surface area contributed by atoms with Crippen LogP contribution in [0.1, 0.15) is 52.0 Å². The van der Waals surface area contributed by atoms with Gasteiger partial charge in [0.15, 0.2) is 0 Å². The van der Waals surface area contributed by atoms with Crippen molar-refractivity contribution in [3.63, 3.8) is 0 Å². The van der Waals surface area contributed by atoms with Gasteiger partial charge in [0.05, 0.1) is 11.7 Å². The lowest BCUT2D eigenvalue weighted by molar-refractivity contribution is -0.0244. The van der Waals surface area contributed by atoms with Gasteiger partial charge < -0.3 is 10.1 Å². The molecule has 0 saturated carbocycles. The first-order valence-corrected chi connectivity index (χ1v) is 8.51. The predicted octanol–water partition coefficient (Wildman–Crippen LogP) is 4.19. The monoisotopic (exact) mass is 289 g/mol. The summed E-state index contributed by atoms with van der Waals surface area (Å²) in [6.45, 7) is 8.87. The van der Waals surface area contributed by atoms with E-state index in [0.717, 1.165) is 19.5 Å². The largest absolute Gasteiger partial charge is 0.372 e. The Balaban J connectivity index is 1.89. The van der Waals surface area contributed by atoms with Crippen molar-refractivity contribution in [2.75, 3.05) is 13.1 Å². The molecule has 1 N–H and O–H groups in total. The minimum atomic E-state index is 0.0822. The van der Waals surface area contributed by atoms with E-state index in [2.05, 4.69) is 56.4 Å². The van der Waals surface area contributed by atoms with Crippen molar-refractivity contribution in [3.05, 3.63) is 35.9 Å². The van der Waals surface area contributed by atoms with Crippen LogP contribution >= 0.6 is 0 Å². The van der Waals surface area contributed by atoms with Crippen LogP contribution in [0.25, 0.3) is 0 Å². The molecule has 2 unspecified atom stereocenters. The summed E-state index contributed by atoms with van der Waals surface area (Å²) < 4.78 is 6.20. The fraction of sp³-hybridized carbons (Fsp3) is 0.684. The van der Waals surface area contributed by atoms with Crippen molar-refractivity contribution in [2.45, 2.75) is 64.6 Å². The standard InChI is InChI=1S/C19H31NO/c1-4-12-20-15-17(13-16-8-6-5-7-9-16)14-18-10-11-19(2,3)21-18/h5-9,17-18,20H,4,10-15H2,1-3H3. The zero-order chi connectivity index (χ0) is 15.1. The van der Waals surface area contributed by atoms with Crippen LogP contribution in [-0.2, 0) is 11.2 Å². The van der Waals surface area contributed by atoms with Gasteiger partial charge in [-0.15, -0.1) is 0 Å². The van der Waals surface area contributed by atoms with Gasteiger partial charge in [0.2, 0.25) is 0 Å². The van der Waals surface area contributed by atoms with E-state index in [0.29, 0.717) is 12.0 Å². The van der Waals surface area contributed by atoms with Crippen LogP contribution in [0.4, 0.5) is 0 Å². The van der Waals surface area contributed by atoms with Crippen molar-refractivity contribution >= 4 is 0 Å². The van der Waals surface area contributed by atoms with Crippen molar-refractivity contribution in [3.8, 4) is 0 Å². The van der Waals surface area contributed by atoms with Gasteiger partial charge in [-0.3, -0.25) is 0 Å². The maximum absolute atomic E-state index is 6.20. The number of benzene rings is 1. The van der Waals surface area contributed by atoms with Gasteiger partial charge in [0.25, 0.3) is 0 Å². The molecule has 2 heteroatoms. The van der Waals surface area contributed by atoms with E-state index in [-0.39, 0.29) is 5.60 Å². The lowest BCUT2D eigenvalue weighted by atomic mass is 9.92. The predicted molar refractivity (Wildman–Crippen MR) is 89.6 cm³/mol. The molecule has 21 heavy (non-hydrogen) atoms. The third kappa shape index (κ3) is 5.80. The quantitative estimate of drug-likeness (QED) is 0.724. The fourth-order valence-electron chi connectivity index (χ4n) is 3.28. The Morgan fingerprint density at radius 1 is 1.29 bits per heavy atom. The molecule has 0 bridgehead atoms. The third-order valence-electron chi connectivity index (χ3n) is 4.38. The topological polar surface area (TPSA) is 21.3 Å². The summed E-state index contributed by atoms with van der Waals surface area (Å²) in [6.07, 6.45) is 6.37. The Labute approximate surface area is 130 Å². The van der Waals surface area contributed by atoms with E-state index in [4.69, 9.17) is 4.74 Å². The molecule has 0 amide bonds. The number of hydrogen-bond donors (Lipinski definition) is 1. The second-order valence-corrected chi connectivity index (χ2v) is 7.03. The van der Waals surface area contributed by atoms with Crippen molar-refractivity contribution < 1.29 is 4.74 Å². The first kappa shape index (κ1) is 16.5. The highest BCUT2D eigenvalue weighted by atomic mass is 16.5. The number of ether oxygens (including phenoxy) is 1. The van der Waals surface area contributed by atoms with Crippen LogP contribution in [0, 0.1) is 5.92 Å². The normalized spacial score (nSPS) is 22.3. The molecule has 2 nitrogen and oxygen atoms in total. The van der Waals surface area contributed by atoms with Gasteiger partial charge in [-0.25, -0.2) is 0 Å². The number of nitrogens with one attached hydrogen (secondary N) is 1. The summed E-state index contributed by atoms with van der Waals surface area (Å²) in [5.74, 6) is 0.665.